The van der Waals surface area contributed by atoms with Crippen LogP contribution in [0.25, 0.3) is 0 Å². The fourth-order valence-electron chi connectivity index (χ4n) is 6.68. The summed E-state index contributed by atoms with van der Waals surface area (Å²) in [5.41, 5.74) is 0. The van der Waals surface area contributed by atoms with E-state index in [-0.39, 0.29) is 12.5 Å². The van der Waals surface area contributed by atoms with Crippen LogP contribution in [0.2, 0.25) is 0 Å². The van der Waals surface area contributed by atoms with E-state index in [1.54, 1.807) is 6.08 Å². The lowest BCUT2D eigenvalue weighted by atomic mass is 10.0. The number of carbonyl (C=O) groups excluding carboxylic acids is 1. The number of aliphatic hydroxyl groups excluding tert-OH is 2. The zero-order valence-corrected chi connectivity index (χ0v) is 33.7. The van der Waals surface area contributed by atoms with Crippen molar-refractivity contribution < 1.29 is 15.0 Å². The summed E-state index contributed by atoms with van der Waals surface area (Å²) in [6.45, 7) is 4.29. The molecular formula is C46H87NO3. The molecule has 50 heavy (non-hydrogen) atoms. The van der Waals surface area contributed by atoms with E-state index >= 15 is 0 Å². The van der Waals surface area contributed by atoms with Gasteiger partial charge in [-0.15, -0.1) is 0 Å². The largest absolute Gasteiger partial charge is 0.394 e. The van der Waals surface area contributed by atoms with E-state index in [4.69, 9.17) is 0 Å². The van der Waals surface area contributed by atoms with Crippen molar-refractivity contribution >= 4 is 5.91 Å². The van der Waals surface area contributed by atoms with Gasteiger partial charge in [0.1, 0.15) is 0 Å². The van der Waals surface area contributed by atoms with E-state index in [0.717, 1.165) is 38.5 Å². The first kappa shape index (κ1) is 48.6. The Bertz CT molecular complexity index is 760. The molecule has 0 bridgehead atoms. The molecule has 0 spiro atoms. The maximum Gasteiger partial charge on any atom is 0.220 e. The van der Waals surface area contributed by atoms with Crippen LogP contribution in [0, 0.1) is 0 Å². The van der Waals surface area contributed by atoms with Gasteiger partial charge in [-0.25, -0.2) is 0 Å². The van der Waals surface area contributed by atoms with Crippen molar-refractivity contribution in [1.82, 2.24) is 5.32 Å². The molecule has 2 atom stereocenters. The highest BCUT2D eigenvalue weighted by molar-refractivity contribution is 5.76. The van der Waals surface area contributed by atoms with Crippen molar-refractivity contribution in [3.63, 3.8) is 0 Å². The van der Waals surface area contributed by atoms with Crippen molar-refractivity contribution in [2.45, 2.75) is 244 Å². The summed E-state index contributed by atoms with van der Waals surface area (Å²) in [6.07, 6.45) is 55.4. The van der Waals surface area contributed by atoms with Gasteiger partial charge in [-0.05, 0) is 44.9 Å². The van der Waals surface area contributed by atoms with Crippen LogP contribution >= 0.6 is 0 Å². The van der Waals surface area contributed by atoms with E-state index in [1.165, 1.54) is 173 Å². The van der Waals surface area contributed by atoms with Crippen LogP contribution in [0.1, 0.15) is 232 Å². The molecule has 0 fully saturated rings. The minimum absolute atomic E-state index is 0.0755. The Morgan fingerprint density at radius 3 is 1.16 bits per heavy atom. The molecule has 0 aromatic heterocycles. The van der Waals surface area contributed by atoms with Crippen LogP contribution in [0.4, 0.5) is 0 Å². The molecule has 0 rings (SSSR count). The molecule has 1 amide bonds. The second-order valence-electron chi connectivity index (χ2n) is 15.1. The predicted octanol–water partition coefficient (Wildman–Crippen LogP) is 13.8. The predicted molar refractivity (Wildman–Crippen MR) is 221 cm³/mol. The van der Waals surface area contributed by atoms with Gasteiger partial charge in [0.15, 0.2) is 0 Å². The van der Waals surface area contributed by atoms with Gasteiger partial charge in [0.2, 0.25) is 5.91 Å². The maximum absolute atomic E-state index is 12.4. The molecule has 0 saturated carbocycles. The first-order chi connectivity index (χ1) is 24.7. The zero-order chi connectivity index (χ0) is 36.4. The van der Waals surface area contributed by atoms with Gasteiger partial charge in [0.05, 0.1) is 18.8 Å². The number of unbranched alkanes of at least 4 members (excludes halogenated alkanes) is 29. The zero-order valence-electron chi connectivity index (χ0n) is 33.7. The van der Waals surface area contributed by atoms with Gasteiger partial charge >= 0.3 is 0 Å². The highest BCUT2D eigenvalue weighted by Crippen LogP contribution is 2.16. The fraction of sp³-hybridized carbons (Fsp3) is 0.848. The van der Waals surface area contributed by atoms with E-state index in [9.17, 15) is 15.0 Å². The van der Waals surface area contributed by atoms with E-state index < -0.39 is 12.1 Å². The molecule has 0 aliphatic heterocycles. The summed E-state index contributed by atoms with van der Waals surface area (Å²) in [4.78, 5) is 12.4. The van der Waals surface area contributed by atoms with Crippen molar-refractivity contribution in [2.75, 3.05) is 6.61 Å². The average molecular weight is 702 g/mol. The summed E-state index contributed by atoms with van der Waals surface area (Å²) in [7, 11) is 0. The summed E-state index contributed by atoms with van der Waals surface area (Å²) < 4.78 is 0. The van der Waals surface area contributed by atoms with Crippen LogP contribution in [-0.4, -0.2) is 34.9 Å². The molecule has 0 saturated heterocycles. The van der Waals surface area contributed by atoms with Crippen LogP contribution in [0.3, 0.4) is 0 Å². The fourth-order valence-corrected chi connectivity index (χ4v) is 6.68. The molecule has 0 aromatic carbocycles. The van der Waals surface area contributed by atoms with Crippen molar-refractivity contribution in [2.24, 2.45) is 0 Å². The van der Waals surface area contributed by atoms with Crippen molar-refractivity contribution in [3.8, 4) is 0 Å². The van der Waals surface area contributed by atoms with Gasteiger partial charge in [-0.2, -0.15) is 0 Å². The van der Waals surface area contributed by atoms with Crippen molar-refractivity contribution in [1.29, 1.82) is 0 Å². The highest BCUT2D eigenvalue weighted by atomic mass is 16.3. The summed E-state index contributed by atoms with van der Waals surface area (Å²) in [5.74, 6) is -0.0755. The number of hydrogen-bond acceptors (Lipinski definition) is 3. The molecule has 0 heterocycles. The van der Waals surface area contributed by atoms with Gasteiger partial charge in [0, 0.05) is 6.42 Å². The number of allylic oxidation sites excluding steroid dienone is 5. The molecule has 0 radical (unpaired) electrons. The Hall–Kier alpha value is -1.39. The molecule has 0 aliphatic carbocycles. The van der Waals surface area contributed by atoms with Crippen LogP contribution in [0.15, 0.2) is 36.5 Å². The van der Waals surface area contributed by atoms with Gasteiger partial charge in [-0.3, -0.25) is 4.79 Å². The molecule has 3 N–H and O–H groups in total. The SMILES string of the molecule is CCCCCCC/C=C/CC/C=C/CC/C=C/C(O)C(CO)NC(=O)CCCCCCCCCCCCCCCCCCCCCCCCC. The van der Waals surface area contributed by atoms with Crippen LogP contribution in [0.5, 0.6) is 0 Å². The molecule has 0 aliphatic rings. The minimum atomic E-state index is -0.866. The number of nitrogens with one attached hydrogen (secondary N) is 1. The normalized spacial score (nSPS) is 13.3. The van der Waals surface area contributed by atoms with Gasteiger partial charge < -0.3 is 15.5 Å². The Labute approximate surface area is 312 Å². The molecule has 294 valence electrons. The Balaban J connectivity index is 3.56. The van der Waals surface area contributed by atoms with Crippen LogP contribution in [-0.2, 0) is 4.79 Å². The first-order valence-corrected chi connectivity index (χ1v) is 22.2. The van der Waals surface area contributed by atoms with E-state index in [2.05, 4.69) is 43.5 Å². The smallest absolute Gasteiger partial charge is 0.220 e. The lowest BCUT2D eigenvalue weighted by Crippen LogP contribution is -2.45. The third-order valence-electron chi connectivity index (χ3n) is 10.1. The van der Waals surface area contributed by atoms with E-state index in [0.29, 0.717) is 6.42 Å². The van der Waals surface area contributed by atoms with Crippen LogP contribution < -0.4 is 5.32 Å². The molecular weight excluding hydrogens is 615 g/mol. The number of amides is 1. The summed E-state index contributed by atoms with van der Waals surface area (Å²) in [5, 5.41) is 23.0. The second-order valence-corrected chi connectivity index (χ2v) is 15.1. The third kappa shape index (κ3) is 37.9. The number of rotatable bonds is 40. The molecule has 0 aromatic rings. The lowest BCUT2D eigenvalue weighted by molar-refractivity contribution is -0.123. The quantitative estimate of drug-likeness (QED) is 0.0440. The Morgan fingerprint density at radius 2 is 0.780 bits per heavy atom. The standard InChI is InChI=1S/C46H87NO3/c1-3-5-7-9-11-13-15-17-19-20-21-22-23-24-25-26-28-30-32-34-36-38-40-42-46(50)47-44(43-48)45(49)41-39-37-35-33-31-29-27-18-16-14-12-10-8-6-4-2/h16,18,31,33,39,41,44-45,48-49H,3-15,17,19-30,32,34-38,40,42-43H2,1-2H3,(H,47,50)/b18-16+,33-31+,41-39+. The third-order valence-corrected chi connectivity index (χ3v) is 10.1. The van der Waals surface area contributed by atoms with Gasteiger partial charge in [0.25, 0.3) is 0 Å². The monoisotopic (exact) mass is 702 g/mol. The number of carbonyl (C=O) groups is 1. The number of aliphatic hydroxyl groups is 2. The molecule has 4 heteroatoms. The lowest BCUT2D eigenvalue weighted by Gasteiger charge is -2.19. The highest BCUT2D eigenvalue weighted by Gasteiger charge is 2.17. The van der Waals surface area contributed by atoms with Gasteiger partial charge in [-0.1, -0.05) is 217 Å². The molecule has 2 unspecified atom stereocenters. The Kier molecular flexibility index (Phi) is 40.9. The Morgan fingerprint density at radius 1 is 0.460 bits per heavy atom. The minimum Gasteiger partial charge on any atom is -0.394 e. The average Bonchev–Trinajstić information content (AvgIpc) is 3.12. The van der Waals surface area contributed by atoms with Crippen molar-refractivity contribution in [3.05, 3.63) is 36.5 Å². The summed E-state index contributed by atoms with van der Waals surface area (Å²) in [6, 6.07) is -0.641. The topological polar surface area (TPSA) is 69.6 Å². The molecule has 4 nitrogen and oxygen atoms in total. The second kappa shape index (κ2) is 42.0. The summed E-state index contributed by atoms with van der Waals surface area (Å²) >= 11 is 0. The maximum atomic E-state index is 12.4. The van der Waals surface area contributed by atoms with E-state index in [1.807, 2.05) is 6.08 Å². The first-order valence-electron chi connectivity index (χ1n) is 22.2. The number of hydrogen-bond donors (Lipinski definition) is 3.